The van der Waals surface area contributed by atoms with E-state index in [0.717, 1.165) is 6.42 Å². The highest BCUT2D eigenvalue weighted by Gasteiger charge is 1.89. The van der Waals surface area contributed by atoms with Crippen molar-refractivity contribution in [2.24, 2.45) is 9.98 Å². The Morgan fingerprint density at radius 2 is 2.40 bits per heavy atom. The summed E-state index contributed by atoms with van der Waals surface area (Å²) >= 11 is 0. The zero-order valence-corrected chi connectivity index (χ0v) is 6.33. The van der Waals surface area contributed by atoms with Crippen LogP contribution in [-0.4, -0.2) is 19.1 Å². The Balaban J connectivity index is 3.87. The average molecular weight is 137 g/mol. The van der Waals surface area contributed by atoms with Crippen molar-refractivity contribution in [1.29, 1.82) is 5.26 Å². The Morgan fingerprint density at radius 1 is 1.70 bits per heavy atom. The second-order valence-electron chi connectivity index (χ2n) is 1.69. The van der Waals surface area contributed by atoms with Gasteiger partial charge < -0.3 is 0 Å². The molecule has 10 heavy (non-hydrogen) atoms. The van der Waals surface area contributed by atoms with Gasteiger partial charge in [0.05, 0.1) is 12.5 Å². The van der Waals surface area contributed by atoms with Gasteiger partial charge in [-0.1, -0.05) is 6.92 Å². The van der Waals surface area contributed by atoms with Gasteiger partial charge in [-0.2, -0.15) is 5.26 Å². The molecule has 3 heteroatoms. The van der Waals surface area contributed by atoms with Crippen molar-refractivity contribution in [3.63, 3.8) is 0 Å². The van der Waals surface area contributed by atoms with Crippen molar-refractivity contribution in [2.45, 2.75) is 19.8 Å². The Kier molecular flexibility index (Phi) is 5.26. The van der Waals surface area contributed by atoms with Crippen LogP contribution >= 0.6 is 0 Å². The molecule has 0 amide bonds. The Hall–Kier alpha value is -1.17. The Morgan fingerprint density at radius 3 is 2.80 bits per heavy atom. The summed E-state index contributed by atoms with van der Waals surface area (Å²) < 4.78 is 0. The molecule has 0 unspecified atom stereocenters. The lowest BCUT2D eigenvalue weighted by Crippen LogP contribution is -1.91. The third-order valence-corrected chi connectivity index (χ3v) is 0.918. The highest BCUT2D eigenvalue weighted by atomic mass is 14.9. The minimum absolute atomic E-state index is 0.299. The fraction of sp³-hybridized carbons (Fsp3) is 0.571. The van der Waals surface area contributed by atoms with Crippen molar-refractivity contribution in [2.75, 3.05) is 7.05 Å². The van der Waals surface area contributed by atoms with Crippen LogP contribution in [0.3, 0.4) is 0 Å². The Labute approximate surface area is 61.1 Å². The number of nitriles is 1. The van der Waals surface area contributed by atoms with Gasteiger partial charge in [-0.05, 0) is 6.42 Å². The largest absolute Gasteiger partial charge is 0.273 e. The Bertz CT molecular complexity index is 174. The average Bonchev–Trinajstić information content (AvgIpc) is 1.98. The number of amidine groups is 1. The van der Waals surface area contributed by atoms with E-state index < -0.39 is 0 Å². The van der Waals surface area contributed by atoms with Gasteiger partial charge in [-0.25, -0.2) is 4.99 Å². The molecule has 0 fully saturated rings. The minimum Gasteiger partial charge on any atom is -0.273 e. The second kappa shape index (κ2) is 5.96. The van der Waals surface area contributed by atoms with E-state index in [1.165, 1.54) is 0 Å². The van der Waals surface area contributed by atoms with Gasteiger partial charge in [-0.15, -0.1) is 0 Å². The molecule has 0 spiro atoms. The van der Waals surface area contributed by atoms with Crippen molar-refractivity contribution in [1.82, 2.24) is 0 Å². The quantitative estimate of drug-likeness (QED) is 0.419. The van der Waals surface area contributed by atoms with Crippen molar-refractivity contribution in [3.05, 3.63) is 0 Å². The number of nitrogens with zero attached hydrogens (tertiary/aromatic N) is 3. The topological polar surface area (TPSA) is 48.5 Å². The molecule has 0 aromatic heterocycles. The zero-order chi connectivity index (χ0) is 7.82. The van der Waals surface area contributed by atoms with Crippen LogP contribution in [0.2, 0.25) is 0 Å². The van der Waals surface area contributed by atoms with E-state index in [1.807, 2.05) is 13.0 Å². The summed E-state index contributed by atoms with van der Waals surface area (Å²) in [5.74, 6) is 0.601. The van der Waals surface area contributed by atoms with Gasteiger partial charge in [0.25, 0.3) is 0 Å². The van der Waals surface area contributed by atoms with Gasteiger partial charge in [0, 0.05) is 13.3 Å². The zero-order valence-electron chi connectivity index (χ0n) is 6.33. The number of aliphatic imine (C=N–C) groups is 2. The van der Waals surface area contributed by atoms with Gasteiger partial charge in [-0.3, -0.25) is 4.99 Å². The van der Waals surface area contributed by atoms with Crippen LogP contribution in [0.1, 0.15) is 19.8 Å². The molecule has 0 radical (unpaired) electrons. The van der Waals surface area contributed by atoms with Crippen LogP contribution < -0.4 is 0 Å². The minimum atomic E-state index is 0.299. The summed E-state index contributed by atoms with van der Waals surface area (Å²) in [6, 6.07) is 1.98. The normalized spacial score (nSPS) is 11.9. The molecule has 0 aromatic rings. The molecule has 0 heterocycles. The van der Waals surface area contributed by atoms with E-state index >= 15 is 0 Å². The fourth-order valence-electron chi connectivity index (χ4n) is 0.450. The first-order chi connectivity index (χ1) is 4.85. The maximum atomic E-state index is 8.26. The molecule has 0 saturated heterocycles. The lowest BCUT2D eigenvalue weighted by atomic mass is 10.4. The molecule has 0 saturated carbocycles. The van der Waals surface area contributed by atoms with Crippen LogP contribution in [-0.2, 0) is 0 Å². The van der Waals surface area contributed by atoms with Crippen LogP contribution in [0, 0.1) is 11.3 Å². The lowest BCUT2D eigenvalue weighted by molar-refractivity contribution is 1.27. The van der Waals surface area contributed by atoms with E-state index in [1.54, 1.807) is 13.3 Å². The molecule has 0 aliphatic rings. The van der Waals surface area contributed by atoms with E-state index in [-0.39, 0.29) is 0 Å². The van der Waals surface area contributed by atoms with Crippen LogP contribution in [0.5, 0.6) is 0 Å². The number of hydrogen-bond acceptors (Lipinski definition) is 2. The monoisotopic (exact) mass is 137 g/mol. The van der Waals surface area contributed by atoms with Crippen molar-refractivity contribution < 1.29 is 0 Å². The lowest BCUT2D eigenvalue weighted by Gasteiger charge is -1.88. The maximum Gasteiger partial charge on any atom is 0.136 e. The third kappa shape index (κ3) is 3.79. The van der Waals surface area contributed by atoms with E-state index in [9.17, 15) is 0 Å². The fourth-order valence-corrected chi connectivity index (χ4v) is 0.450. The third-order valence-electron chi connectivity index (χ3n) is 0.918. The smallest absolute Gasteiger partial charge is 0.136 e. The first-order valence-corrected chi connectivity index (χ1v) is 3.20. The highest BCUT2D eigenvalue weighted by Crippen LogP contribution is 1.85. The van der Waals surface area contributed by atoms with Crippen LogP contribution in [0.25, 0.3) is 0 Å². The molecule has 0 rings (SSSR count). The predicted molar refractivity (Wildman–Crippen MR) is 42.4 cm³/mol. The van der Waals surface area contributed by atoms with Crippen LogP contribution in [0.15, 0.2) is 9.98 Å². The molecular weight excluding hydrogens is 126 g/mol. The molecule has 54 valence electrons. The molecule has 0 atom stereocenters. The van der Waals surface area contributed by atoms with E-state index in [4.69, 9.17) is 5.26 Å². The molecule has 0 aliphatic heterocycles. The van der Waals surface area contributed by atoms with Crippen LogP contribution in [0.4, 0.5) is 0 Å². The number of hydrogen-bond donors (Lipinski definition) is 0. The molecule has 0 aliphatic carbocycles. The molecule has 0 N–H and O–H groups in total. The van der Waals surface area contributed by atoms with E-state index in [2.05, 4.69) is 9.98 Å². The second-order valence-corrected chi connectivity index (χ2v) is 1.69. The first-order valence-electron chi connectivity index (χ1n) is 3.20. The van der Waals surface area contributed by atoms with Crippen molar-refractivity contribution >= 4 is 12.1 Å². The molecule has 0 aromatic carbocycles. The predicted octanol–water partition coefficient (Wildman–Crippen LogP) is 1.41. The number of rotatable bonds is 2. The summed E-state index contributed by atoms with van der Waals surface area (Å²) in [6.45, 7) is 1.99. The summed E-state index contributed by atoms with van der Waals surface area (Å²) in [5.41, 5.74) is 0. The van der Waals surface area contributed by atoms with Crippen molar-refractivity contribution in [3.8, 4) is 6.07 Å². The molecule has 3 nitrogen and oxygen atoms in total. The van der Waals surface area contributed by atoms with Gasteiger partial charge >= 0.3 is 0 Å². The summed E-state index contributed by atoms with van der Waals surface area (Å²) in [4.78, 5) is 7.76. The SMILES string of the molecule is CCC=NC(CC#N)=NC. The summed E-state index contributed by atoms with van der Waals surface area (Å²) in [6.07, 6.45) is 2.93. The first kappa shape index (κ1) is 8.83. The summed E-state index contributed by atoms with van der Waals surface area (Å²) in [7, 11) is 1.64. The summed E-state index contributed by atoms with van der Waals surface area (Å²) in [5, 5.41) is 8.26. The highest BCUT2D eigenvalue weighted by molar-refractivity contribution is 5.90. The standard InChI is InChI=1S/C7H11N3/c1-3-6-10-7(9-2)4-5-8/h6H,3-4H2,1-2H3. The molecule has 0 bridgehead atoms. The van der Waals surface area contributed by atoms with E-state index in [0.29, 0.717) is 12.3 Å². The van der Waals surface area contributed by atoms with Gasteiger partial charge in [0.1, 0.15) is 5.84 Å². The maximum absolute atomic E-state index is 8.26. The van der Waals surface area contributed by atoms with Gasteiger partial charge in [0.2, 0.25) is 0 Å². The molecular formula is C7H11N3. The van der Waals surface area contributed by atoms with Gasteiger partial charge in [0.15, 0.2) is 0 Å².